The molecule has 1 aromatic carbocycles. The average molecular weight is 248 g/mol. The van der Waals surface area contributed by atoms with Gasteiger partial charge >= 0.3 is 0 Å². The Hall–Kier alpha value is -1.51. The molecule has 1 aromatic rings. The number of rotatable bonds is 7. The number of hydrogen-bond donors (Lipinski definition) is 2. The molecule has 0 aromatic heterocycles. The number of nitrogens with two attached hydrogens (primary N) is 1. The molecule has 1 unspecified atom stereocenters. The summed E-state index contributed by atoms with van der Waals surface area (Å²) in [6.07, 6.45) is 5.10. The Morgan fingerprint density at radius 1 is 1.28 bits per heavy atom. The summed E-state index contributed by atoms with van der Waals surface area (Å²) in [6.45, 7) is 4.13. The third kappa shape index (κ3) is 4.78. The van der Waals surface area contributed by atoms with Gasteiger partial charge in [-0.25, -0.2) is 0 Å². The molecular weight excluding hydrogens is 224 g/mol. The molecule has 0 aliphatic carbocycles. The molecule has 0 radical (unpaired) electrons. The van der Waals surface area contributed by atoms with E-state index in [9.17, 15) is 4.79 Å². The summed E-state index contributed by atoms with van der Waals surface area (Å²) in [4.78, 5) is 11.7. The van der Waals surface area contributed by atoms with Gasteiger partial charge in [-0.15, -0.1) is 0 Å². The lowest BCUT2D eigenvalue weighted by Gasteiger charge is -2.16. The van der Waals surface area contributed by atoms with E-state index >= 15 is 0 Å². The van der Waals surface area contributed by atoms with Crippen molar-refractivity contribution in [1.82, 2.24) is 5.32 Å². The Kier molecular flexibility index (Phi) is 6.26. The number of anilines is 1. The second-order valence-electron chi connectivity index (χ2n) is 4.73. The van der Waals surface area contributed by atoms with E-state index in [4.69, 9.17) is 5.73 Å². The van der Waals surface area contributed by atoms with Crippen LogP contribution in [0.5, 0.6) is 0 Å². The zero-order valence-electron chi connectivity index (χ0n) is 11.4. The van der Waals surface area contributed by atoms with Crippen molar-refractivity contribution >= 4 is 11.6 Å². The maximum atomic E-state index is 11.7. The molecule has 3 nitrogen and oxygen atoms in total. The first-order valence-electron chi connectivity index (χ1n) is 6.79. The molecule has 0 fully saturated rings. The van der Waals surface area contributed by atoms with Crippen molar-refractivity contribution in [3.8, 4) is 0 Å². The minimum Gasteiger partial charge on any atom is -0.398 e. The topological polar surface area (TPSA) is 55.1 Å². The highest BCUT2D eigenvalue weighted by atomic mass is 16.1. The van der Waals surface area contributed by atoms with Crippen molar-refractivity contribution in [2.75, 3.05) is 5.73 Å². The summed E-state index contributed by atoms with van der Waals surface area (Å²) in [6, 6.07) is 7.63. The van der Waals surface area contributed by atoms with E-state index < -0.39 is 0 Å². The average Bonchev–Trinajstić information content (AvgIpc) is 2.35. The van der Waals surface area contributed by atoms with Crippen LogP contribution in [0, 0.1) is 0 Å². The zero-order valence-corrected chi connectivity index (χ0v) is 11.4. The molecule has 0 spiro atoms. The van der Waals surface area contributed by atoms with E-state index in [1.807, 2.05) is 31.2 Å². The monoisotopic (exact) mass is 248 g/mol. The smallest absolute Gasteiger partial charge is 0.220 e. The van der Waals surface area contributed by atoms with E-state index in [-0.39, 0.29) is 11.9 Å². The van der Waals surface area contributed by atoms with Crippen LogP contribution in [0.2, 0.25) is 0 Å². The fourth-order valence-electron chi connectivity index (χ4n) is 2.01. The van der Waals surface area contributed by atoms with Gasteiger partial charge in [0.15, 0.2) is 0 Å². The highest BCUT2D eigenvalue weighted by molar-refractivity contribution is 5.76. The van der Waals surface area contributed by atoms with Crippen LogP contribution in [0.1, 0.15) is 57.6 Å². The first kappa shape index (κ1) is 14.6. The van der Waals surface area contributed by atoms with Crippen LogP contribution in [0.25, 0.3) is 0 Å². The summed E-state index contributed by atoms with van der Waals surface area (Å²) in [5, 5.41) is 2.99. The number of carbonyl (C=O) groups is 1. The number of amides is 1. The van der Waals surface area contributed by atoms with E-state index in [0.717, 1.165) is 24.1 Å². The standard InChI is InChI=1S/C15H24N2O/c1-3-4-5-6-11-15(18)17-12(2)13-9-7-8-10-14(13)16/h7-10,12H,3-6,11,16H2,1-2H3,(H,17,18). The molecule has 18 heavy (non-hydrogen) atoms. The molecule has 100 valence electrons. The molecule has 1 amide bonds. The fraction of sp³-hybridized carbons (Fsp3) is 0.533. The predicted molar refractivity (Wildman–Crippen MR) is 76.2 cm³/mol. The van der Waals surface area contributed by atoms with Crippen molar-refractivity contribution in [3.63, 3.8) is 0 Å². The molecule has 0 aliphatic heterocycles. The summed E-state index contributed by atoms with van der Waals surface area (Å²) in [5.41, 5.74) is 7.60. The van der Waals surface area contributed by atoms with Gasteiger partial charge in [0, 0.05) is 12.1 Å². The van der Waals surface area contributed by atoms with Gasteiger partial charge in [-0.3, -0.25) is 4.79 Å². The van der Waals surface area contributed by atoms with Crippen LogP contribution in [-0.2, 0) is 4.79 Å². The van der Waals surface area contributed by atoms with Crippen molar-refractivity contribution in [2.45, 2.75) is 52.0 Å². The first-order valence-corrected chi connectivity index (χ1v) is 6.79. The predicted octanol–water partition coefficient (Wildman–Crippen LogP) is 3.42. The van der Waals surface area contributed by atoms with Crippen LogP contribution < -0.4 is 11.1 Å². The quantitative estimate of drug-likeness (QED) is 0.574. The van der Waals surface area contributed by atoms with Crippen molar-refractivity contribution in [2.24, 2.45) is 0 Å². The lowest BCUT2D eigenvalue weighted by Crippen LogP contribution is -2.26. The van der Waals surface area contributed by atoms with Crippen LogP contribution in [0.4, 0.5) is 5.69 Å². The number of nitrogens with one attached hydrogen (secondary N) is 1. The highest BCUT2D eigenvalue weighted by Gasteiger charge is 2.11. The normalized spacial score (nSPS) is 12.1. The van der Waals surface area contributed by atoms with Gasteiger partial charge in [0.05, 0.1) is 6.04 Å². The minimum absolute atomic E-state index is 0.0233. The largest absolute Gasteiger partial charge is 0.398 e. The SMILES string of the molecule is CCCCCCC(=O)NC(C)c1ccccc1N. The summed E-state index contributed by atoms with van der Waals surface area (Å²) in [7, 11) is 0. The van der Waals surface area contributed by atoms with Gasteiger partial charge in [0.25, 0.3) is 0 Å². The Morgan fingerprint density at radius 3 is 2.67 bits per heavy atom. The fourth-order valence-corrected chi connectivity index (χ4v) is 2.01. The van der Waals surface area contributed by atoms with E-state index in [1.54, 1.807) is 0 Å². The molecule has 0 aliphatic rings. The Labute approximate surface area is 110 Å². The van der Waals surface area contributed by atoms with Crippen LogP contribution in [0.3, 0.4) is 0 Å². The van der Waals surface area contributed by atoms with E-state index in [2.05, 4.69) is 12.2 Å². The van der Waals surface area contributed by atoms with Crippen LogP contribution >= 0.6 is 0 Å². The van der Waals surface area contributed by atoms with Gasteiger partial charge in [-0.05, 0) is 25.0 Å². The number of hydrogen-bond acceptors (Lipinski definition) is 2. The van der Waals surface area contributed by atoms with Crippen LogP contribution in [-0.4, -0.2) is 5.91 Å². The number of para-hydroxylation sites is 1. The second-order valence-corrected chi connectivity index (χ2v) is 4.73. The summed E-state index contributed by atoms with van der Waals surface area (Å²) in [5.74, 6) is 0.113. The van der Waals surface area contributed by atoms with Crippen molar-refractivity contribution in [3.05, 3.63) is 29.8 Å². The number of unbranched alkanes of at least 4 members (excludes halogenated alkanes) is 3. The molecule has 1 atom stereocenters. The van der Waals surface area contributed by atoms with E-state index in [1.165, 1.54) is 12.8 Å². The molecule has 0 saturated carbocycles. The maximum Gasteiger partial charge on any atom is 0.220 e. The molecule has 0 heterocycles. The van der Waals surface area contributed by atoms with Gasteiger partial charge in [0.1, 0.15) is 0 Å². The number of benzene rings is 1. The lowest BCUT2D eigenvalue weighted by molar-refractivity contribution is -0.121. The van der Waals surface area contributed by atoms with Crippen LogP contribution in [0.15, 0.2) is 24.3 Å². The number of nitrogen functional groups attached to an aromatic ring is 1. The maximum absolute atomic E-state index is 11.7. The van der Waals surface area contributed by atoms with Crippen molar-refractivity contribution < 1.29 is 4.79 Å². The molecule has 0 saturated heterocycles. The first-order chi connectivity index (χ1) is 8.65. The third-order valence-electron chi connectivity index (χ3n) is 3.10. The molecule has 3 heteroatoms. The van der Waals surface area contributed by atoms with Gasteiger partial charge in [0.2, 0.25) is 5.91 Å². The molecule has 0 bridgehead atoms. The highest BCUT2D eigenvalue weighted by Crippen LogP contribution is 2.19. The minimum atomic E-state index is -0.0233. The van der Waals surface area contributed by atoms with Crippen molar-refractivity contribution in [1.29, 1.82) is 0 Å². The third-order valence-corrected chi connectivity index (χ3v) is 3.10. The molecular formula is C15H24N2O. The molecule has 3 N–H and O–H groups in total. The summed E-state index contributed by atoms with van der Waals surface area (Å²) < 4.78 is 0. The van der Waals surface area contributed by atoms with E-state index in [0.29, 0.717) is 6.42 Å². The Balaban J connectivity index is 2.38. The Morgan fingerprint density at radius 2 is 2.00 bits per heavy atom. The lowest BCUT2D eigenvalue weighted by atomic mass is 10.1. The van der Waals surface area contributed by atoms with Gasteiger partial charge in [-0.1, -0.05) is 44.4 Å². The Bertz CT molecular complexity index is 377. The zero-order chi connectivity index (χ0) is 13.4. The number of carbonyl (C=O) groups excluding carboxylic acids is 1. The van der Waals surface area contributed by atoms with Gasteiger partial charge < -0.3 is 11.1 Å². The second kappa shape index (κ2) is 7.75. The van der Waals surface area contributed by atoms with Gasteiger partial charge in [-0.2, -0.15) is 0 Å². The summed E-state index contributed by atoms with van der Waals surface area (Å²) >= 11 is 0. The molecule has 1 rings (SSSR count).